The van der Waals surface area contributed by atoms with Crippen LogP contribution in [0.5, 0.6) is 0 Å². The maximum absolute atomic E-state index is 8.38. The molecule has 0 radical (unpaired) electrons. The second-order valence-electron chi connectivity index (χ2n) is 1.46. The fourth-order valence-electron chi connectivity index (χ4n) is 0.503. The summed E-state index contributed by atoms with van der Waals surface area (Å²) in [4.78, 5) is 4.27. The summed E-state index contributed by atoms with van der Waals surface area (Å²) in [6, 6.07) is 3.89. The molecule has 1 aromatic rings. The van der Waals surface area contributed by atoms with Gasteiger partial charge in [-0.05, 0) is 0 Å². The van der Waals surface area contributed by atoms with Crippen LogP contribution in [-0.4, -0.2) is 29.9 Å². The van der Waals surface area contributed by atoms with Crippen LogP contribution in [0.1, 0.15) is 0 Å². The van der Waals surface area contributed by atoms with Crippen molar-refractivity contribution in [3.05, 3.63) is 12.1 Å². The van der Waals surface area contributed by atoms with Gasteiger partial charge in [0.1, 0.15) is 0 Å². The fraction of sp³-hybridized carbons (Fsp3) is 0. The van der Waals surface area contributed by atoms with E-state index in [-0.39, 0.29) is 29.9 Å². The first kappa shape index (κ1) is 8.81. The predicted octanol–water partition coefficient (Wildman–Crippen LogP) is -0.631. The fourth-order valence-corrected chi connectivity index (χ4v) is 4.85. The molecular formula is C6H2N2SSe2. The molecule has 2 nitrogen and oxygen atoms in total. The molecule has 0 saturated heterocycles. The van der Waals surface area contributed by atoms with Crippen LogP contribution < -0.4 is 7.55 Å². The third-order valence-corrected chi connectivity index (χ3v) is 5.24. The van der Waals surface area contributed by atoms with Gasteiger partial charge in [0.05, 0.1) is 0 Å². The van der Waals surface area contributed by atoms with Crippen molar-refractivity contribution < 1.29 is 0 Å². The number of rotatable bonds is 2. The van der Waals surface area contributed by atoms with Crippen molar-refractivity contribution in [1.29, 1.82) is 10.5 Å². The van der Waals surface area contributed by atoms with Crippen molar-refractivity contribution in [3.8, 4) is 9.94 Å². The van der Waals surface area contributed by atoms with Gasteiger partial charge in [-0.25, -0.2) is 0 Å². The molecule has 54 valence electrons. The normalized spacial score (nSPS) is 8.55. The van der Waals surface area contributed by atoms with E-state index in [1.54, 1.807) is 11.3 Å². The van der Waals surface area contributed by atoms with E-state index in [0.29, 0.717) is 0 Å². The van der Waals surface area contributed by atoms with Gasteiger partial charge >= 0.3 is 81.4 Å². The Bertz CT molecular complexity index is 290. The predicted molar refractivity (Wildman–Crippen MR) is 46.3 cm³/mol. The van der Waals surface area contributed by atoms with E-state index in [0.717, 1.165) is 7.55 Å². The average Bonchev–Trinajstić information content (AvgIpc) is 2.38. The van der Waals surface area contributed by atoms with E-state index in [1.165, 1.54) is 0 Å². The number of hydrogen-bond acceptors (Lipinski definition) is 3. The molecule has 11 heavy (non-hydrogen) atoms. The number of nitrogens with zero attached hydrogens (tertiary/aromatic N) is 2. The van der Waals surface area contributed by atoms with Gasteiger partial charge in [-0.15, -0.1) is 0 Å². The van der Waals surface area contributed by atoms with E-state index in [4.69, 9.17) is 10.5 Å². The maximum atomic E-state index is 8.38. The van der Waals surface area contributed by atoms with Gasteiger partial charge in [0.25, 0.3) is 0 Å². The molecule has 1 heterocycles. The van der Waals surface area contributed by atoms with Crippen LogP contribution in [0.4, 0.5) is 0 Å². The zero-order chi connectivity index (χ0) is 8.10. The summed E-state index contributed by atoms with van der Waals surface area (Å²) in [5, 5.41) is 16.8. The summed E-state index contributed by atoms with van der Waals surface area (Å²) >= 11 is 1.50. The monoisotopic (exact) mass is 294 g/mol. The summed E-state index contributed by atoms with van der Waals surface area (Å²) in [5.41, 5.74) is 0. The van der Waals surface area contributed by atoms with E-state index < -0.39 is 0 Å². The number of nitriles is 2. The Morgan fingerprint density at radius 1 is 1.09 bits per heavy atom. The van der Waals surface area contributed by atoms with Gasteiger partial charge in [0.2, 0.25) is 0 Å². The Morgan fingerprint density at radius 3 is 1.91 bits per heavy atom. The number of thiophene rings is 1. The molecule has 1 rings (SSSR count). The first-order chi connectivity index (χ1) is 5.36. The first-order valence-corrected chi connectivity index (χ1v) is 6.83. The summed E-state index contributed by atoms with van der Waals surface area (Å²) < 4.78 is 2.24. The van der Waals surface area contributed by atoms with Gasteiger partial charge in [-0.1, -0.05) is 0 Å². The Morgan fingerprint density at radius 2 is 1.55 bits per heavy atom. The van der Waals surface area contributed by atoms with Crippen LogP contribution in [-0.2, 0) is 0 Å². The molecule has 0 unspecified atom stereocenters. The first-order valence-electron chi connectivity index (χ1n) is 2.58. The molecule has 5 heteroatoms. The van der Waals surface area contributed by atoms with Crippen LogP contribution in [0.2, 0.25) is 0 Å². The minimum atomic E-state index is -0.0472. The van der Waals surface area contributed by atoms with E-state index in [2.05, 4.69) is 9.94 Å². The van der Waals surface area contributed by atoms with Gasteiger partial charge in [-0.3, -0.25) is 0 Å². The molecule has 0 aliphatic carbocycles. The van der Waals surface area contributed by atoms with Gasteiger partial charge in [-0.2, -0.15) is 0 Å². The van der Waals surface area contributed by atoms with Crippen molar-refractivity contribution in [2.24, 2.45) is 0 Å². The van der Waals surface area contributed by atoms with Crippen molar-refractivity contribution in [2.45, 2.75) is 0 Å². The van der Waals surface area contributed by atoms with Crippen LogP contribution in [0.3, 0.4) is 0 Å². The summed E-state index contributed by atoms with van der Waals surface area (Å²) in [6.45, 7) is 0. The molecule has 0 amide bonds. The third kappa shape index (κ3) is 2.67. The molecule has 0 N–H and O–H groups in total. The zero-order valence-corrected chi connectivity index (χ0v) is 9.52. The Kier molecular flexibility index (Phi) is 3.66. The molecule has 0 aliphatic rings. The quantitative estimate of drug-likeness (QED) is 0.681. The molecule has 0 aliphatic heterocycles. The van der Waals surface area contributed by atoms with Gasteiger partial charge in [0, 0.05) is 0 Å². The van der Waals surface area contributed by atoms with Crippen LogP contribution in [0.25, 0.3) is 0 Å². The number of hydrogen-bond donors (Lipinski definition) is 0. The second-order valence-corrected chi connectivity index (χ2v) is 7.18. The van der Waals surface area contributed by atoms with E-state index >= 15 is 0 Å². The van der Waals surface area contributed by atoms with Crippen molar-refractivity contribution in [2.75, 3.05) is 0 Å². The molecule has 0 saturated carbocycles. The van der Waals surface area contributed by atoms with Crippen molar-refractivity contribution in [3.63, 3.8) is 0 Å². The van der Waals surface area contributed by atoms with E-state index in [1.807, 2.05) is 12.1 Å². The SMILES string of the molecule is N#C[Se]c1ccc([Se]C#N)s1. The van der Waals surface area contributed by atoms with Gasteiger partial charge < -0.3 is 0 Å². The van der Waals surface area contributed by atoms with E-state index in [9.17, 15) is 0 Å². The van der Waals surface area contributed by atoms with Crippen molar-refractivity contribution in [1.82, 2.24) is 0 Å². The summed E-state index contributed by atoms with van der Waals surface area (Å²) in [7, 11) is 0. The van der Waals surface area contributed by atoms with Crippen LogP contribution in [0.15, 0.2) is 12.1 Å². The minimum absolute atomic E-state index is 0.0472. The zero-order valence-electron chi connectivity index (χ0n) is 5.27. The van der Waals surface area contributed by atoms with Crippen molar-refractivity contribution >= 4 is 48.8 Å². The molecule has 0 spiro atoms. The Balaban J connectivity index is 2.69. The van der Waals surface area contributed by atoms with Gasteiger partial charge in [0.15, 0.2) is 0 Å². The third-order valence-electron chi connectivity index (χ3n) is 0.849. The Hall–Kier alpha value is -0.281. The molecule has 0 atom stereocenters. The molecule has 0 bridgehead atoms. The summed E-state index contributed by atoms with van der Waals surface area (Å²) in [5.74, 6) is 0. The topological polar surface area (TPSA) is 47.6 Å². The Labute approximate surface area is 81.1 Å². The molecule has 0 fully saturated rings. The summed E-state index contributed by atoms with van der Waals surface area (Å²) in [6.07, 6.45) is 0. The van der Waals surface area contributed by atoms with Crippen LogP contribution >= 0.6 is 11.3 Å². The van der Waals surface area contributed by atoms with Crippen LogP contribution in [0, 0.1) is 20.5 Å². The molecular weight excluding hydrogens is 290 g/mol. The average molecular weight is 292 g/mol. The standard InChI is InChI=1S/C6H2N2SSe2/c7-3-10-5-1-2-6(9-5)11-4-8/h1-2H. The molecule has 0 aromatic carbocycles. The second kappa shape index (κ2) is 4.57. The molecule has 1 aromatic heterocycles.